The fourth-order valence-electron chi connectivity index (χ4n) is 4.78. The maximum Gasteiger partial charge on any atom is 0.277 e. The van der Waals surface area contributed by atoms with Crippen molar-refractivity contribution in [1.82, 2.24) is 9.78 Å². The van der Waals surface area contributed by atoms with Gasteiger partial charge < -0.3 is 14.9 Å². The van der Waals surface area contributed by atoms with E-state index in [2.05, 4.69) is 5.10 Å². The average Bonchev–Trinajstić information content (AvgIpc) is 3.21. The number of anilines is 2. The van der Waals surface area contributed by atoms with Gasteiger partial charge in [0.1, 0.15) is 11.3 Å². The van der Waals surface area contributed by atoms with E-state index in [-0.39, 0.29) is 11.8 Å². The number of rotatable bonds is 4. The number of aromatic nitrogens is 2. The van der Waals surface area contributed by atoms with E-state index in [9.17, 15) is 14.7 Å². The van der Waals surface area contributed by atoms with E-state index in [0.29, 0.717) is 41.5 Å². The second kappa shape index (κ2) is 8.56. The first-order valence-corrected chi connectivity index (χ1v) is 11.9. The predicted molar refractivity (Wildman–Crippen MR) is 132 cm³/mol. The van der Waals surface area contributed by atoms with Crippen LogP contribution in [-0.2, 0) is 16.8 Å². The molecule has 0 atom stereocenters. The number of hydrogen-bond donors (Lipinski definition) is 1. The van der Waals surface area contributed by atoms with Crippen molar-refractivity contribution in [2.45, 2.75) is 45.1 Å². The molecule has 0 radical (unpaired) electrons. The van der Waals surface area contributed by atoms with Crippen molar-refractivity contribution < 1.29 is 14.7 Å². The molecule has 0 aliphatic carbocycles. The first kappa shape index (κ1) is 22.6. The van der Waals surface area contributed by atoms with Gasteiger partial charge in [0, 0.05) is 41.5 Å². The predicted octanol–water partition coefficient (Wildman–Crippen LogP) is 4.47. The van der Waals surface area contributed by atoms with Crippen LogP contribution < -0.4 is 9.80 Å². The molecule has 1 N–H and O–H groups in total. The minimum Gasteiger partial charge on any atom is -0.384 e. The number of halogens is 1. The van der Waals surface area contributed by atoms with Crippen LogP contribution >= 0.6 is 11.6 Å². The number of carbonyl (C=O) groups is 2. The van der Waals surface area contributed by atoms with Crippen molar-refractivity contribution in [2.75, 3.05) is 22.9 Å². The van der Waals surface area contributed by atoms with E-state index < -0.39 is 5.60 Å². The maximum atomic E-state index is 13.8. The van der Waals surface area contributed by atoms with Gasteiger partial charge in [0.25, 0.3) is 5.91 Å². The molecule has 1 aromatic heterocycles. The van der Waals surface area contributed by atoms with Crippen LogP contribution in [0.2, 0.25) is 5.02 Å². The van der Waals surface area contributed by atoms with Crippen molar-refractivity contribution in [3.63, 3.8) is 0 Å². The number of amides is 2. The molecule has 0 saturated carbocycles. The van der Waals surface area contributed by atoms with E-state index in [1.165, 1.54) is 0 Å². The average molecular weight is 479 g/mol. The van der Waals surface area contributed by atoms with Gasteiger partial charge in [0.05, 0.1) is 11.4 Å². The standard InChI is InChI=1S/C26H27ClN4O3/c1-26(2,34)24-21-13-15-30(19-11-9-18(10-12-19)29-14-4-3-8-22(29)32)25(33)23(21)31(28-24)20-7-5-6-17(27)16-20/h5-7,9-12,16,34H,3-4,8,13-15H2,1-2H3. The number of fused-ring (bicyclic) bond motifs is 1. The van der Waals surface area contributed by atoms with Crippen LogP contribution in [0.1, 0.15) is 54.9 Å². The lowest BCUT2D eigenvalue weighted by Gasteiger charge is -2.30. The topological polar surface area (TPSA) is 78.7 Å². The summed E-state index contributed by atoms with van der Waals surface area (Å²) in [5.41, 5.74) is 2.76. The Bertz CT molecular complexity index is 1260. The van der Waals surface area contributed by atoms with Crippen molar-refractivity contribution >= 4 is 34.8 Å². The van der Waals surface area contributed by atoms with Gasteiger partial charge in [-0.2, -0.15) is 5.10 Å². The summed E-state index contributed by atoms with van der Waals surface area (Å²) >= 11 is 6.21. The Kier molecular flexibility index (Phi) is 5.70. The van der Waals surface area contributed by atoms with Crippen LogP contribution in [0.4, 0.5) is 11.4 Å². The van der Waals surface area contributed by atoms with Crippen molar-refractivity contribution in [3.8, 4) is 5.69 Å². The fraction of sp³-hybridized carbons (Fsp3) is 0.346. The number of nitrogens with zero attached hydrogens (tertiary/aromatic N) is 4. The third-order valence-corrected chi connectivity index (χ3v) is 6.68. The number of hydrogen-bond acceptors (Lipinski definition) is 4. The molecule has 0 unspecified atom stereocenters. The molecule has 3 aromatic rings. The minimum absolute atomic E-state index is 0.141. The summed E-state index contributed by atoms with van der Waals surface area (Å²) in [6.07, 6.45) is 3.07. The van der Waals surface area contributed by atoms with Crippen LogP contribution in [0.25, 0.3) is 5.69 Å². The summed E-state index contributed by atoms with van der Waals surface area (Å²) in [4.78, 5) is 29.6. The first-order valence-electron chi connectivity index (χ1n) is 11.6. The van der Waals surface area contributed by atoms with E-state index in [1.807, 2.05) is 35.2 Å². The Labute approximate surface area is 203 Å². The molecule has 2 aromatic carbocycles. The monoisotopic (exact) mass is 478 g/mol. The molecule has 1 saturated heterocycles. The Balaban J connectivity index is 1.52. The number of piperidine rings is 1. The highest BCUT2D eigenvalue weighted by Crippen LogP contribution is 2.34. The minimum atomic E-state index is -1.20. The van der Waals surface area contributed by atoms with Gasteiger partial charge in [-0.15, -0.1) is 0 Å². The summed E-state index contributed by atoms with van der Waals surface area (Å²) < 4.78 is 1.59. The van der Waals surface area contributed by atoms with Gasteiger partial charge in [-0.05, 0) is 75.6 Å². The second-order valence-electron chi connectivity index (χ2n) is 9.35. The highest BCUT2D eigenvalue weighted by atomic mass is 35.5. The van der Waals surface area contributed by atoms with E-state index in [0.717, 1.165) is 36.3 Å². The Morgan fingerprint density at radius 1 is 0.912 bits per heavy atom. The lowest BCUT2D eigenvalue weighted by molar-refractivity contribution is -0.119. The van der Waals surface area contributed by atoms with Crippen molar-refractivity contribution in [2.24, 2.45) is 0 Å². The van der Waals surface area contributed by atoms with Crippen LogP contribution in [0.3, 0.4) is 0 Å². The number of aliphatic hydroxyl groups is 1. The largest absolute Gasteiger partial charge is 0.384 e. The molecule has 0 spiro atoms. The highest BCUT2D eigenvalue weighted by Gasteiger charge is 2.37. The third-order valence-electron chi connectivity index (χ3n) is 6.45. The Morgan fingerprint density at radius 2 is 1.62 bits per heavy atom. The van der Waals surface area contributed by atoms with Crippen LogP contribution in [0.5, 0.6) is 0 Å². The van der Waals surface area contributed by atoms with Crippen LogP contribution in [-0.4, -0.2) is 39.8 Å². The quantitative estimate of drug-likeness (QED) is 0.600. The molecule has 2 aliphatic heterocycles. The van der Waals surface area contributed by atoms with E-state index >= 15 is 0 Å². The smallest absolute Gasteiger partial charge is 0.277 e. The molecule has 7 nitrogen and oxygen atoms in total. The molecule has 8 heteroatoms. The molecular formula is C26H27ClN4O3. The summed E-state index contributed by atoms with van der Waals surface area (Å²) in [6, 6.07) is 14.7. The van der Waals surface area contributed by atoms with Gasteiger partial charge in [-0.3, -0.25) is 9.59 Å². The lowest BCUT2D eigenvalue weighted by atomic mass is 9.94. The molecule has 2 amide bonds. The van der Waals surface area contributed by atoms with Gasteiger partial charge in [-0.1, -0.05) is 17.7 Å². The zero-order valence-electron chi connectivity index (χ0n) is 19.3. The van der Waals surface area contributed by atoms with Crippen molar-refractivity contribution in [1.29, 1.82) is 0 Å². The summed E-state index contributed by atoms with van der Waals surface area (Å²) in [5, 5.41) is 15.9. The van der Waals surface area contributed by atoms with Crippen LogP contribution in [0.15, 0.2) is 48.5 Å². The normalized spacial score (nSPS) is 16.7. The molecule has 34 heavy (non-hydrogen) atoms. The molecule has 3 heterocycles. The molecular weight excluding hydrogens is 452 g/mol. The van der Waals surface area contributed by atoms with Crippen LogP contribution in [0, 0.1) is 0 Å². The Hall–Kier alpha value is -3.16. The molecule has 5 rings (SSSR count). The van der Waals surface area contributed by atoms with E-state index in [1.54, 1.807) is 41.6 Å². The lowest BCUT2D eigenvalue weighted by Crippen LogP contribution is -2.39. The summed E-state index contributed by atoms with van der Waals surface area (Å²) in [5.74, 6) is -0.0479. The molecule has 176 valence electrons. The number of carbonyl (C=O) groups excluding carboxylic acids is 2. The zero-order valence-corrected chi connectivity index (χ0v) is 20.0. The van der Waals surface area contributed by atoms with E-state index in [4.69, 9.17) is 11.6 Å². The number of benzene rings is 2. The maximum absolute atomic E-state index is 13.8. The van der Waals surface area contributed by atoms with Gasteiger partial charge in [-0.25, -0.2) is 4.68 Å². The fourth-order valence-corrected chi connectivity index (χ4v) is 4.97. The van der Waals surface area contributed by atoms with Gasteiger partial charge in [0.2, 0.25) is 5.91 Å². The third kappa shape index (κ3) is 3.99. The zero-order chi connectivity index (χ0) is 24.0. The van der Waals surface area contributed by atoms with Crippen molar-refractivity contribution in [3.05, 3.63) is 70.5 Å². The molecule has 1 fully saturated rings. The first-order chi connectivity index (χ1) is 16.2. The Morgan fingerprint density at radius 3 is 2.26 bits per heavy atom. The molecule has 2 aliphatic rings. The molecule has 0 bridgehead atoms. The highest BCUT2D eigenvalue weighted by molar-refractivity contribution is 6.30. The second-order valence-corrected chi connectivity index (χ2v) is 9.79. The summed E-state index contributed by atoms with van der Waals surface area (Å²) in [6.45, 7) is 4.55. The van der Waals surface area contributed by atoms with Gasteiger partial charge in [0.15, 0.2) is 0 Å². The SMILES string of the molecule is CC(C)(O)c1nn(-c2cccc(Cl)c2)c2c1CCN(c1ccc(N3CCCCC3=O)cc1)C2=O. The van der Waals surface area contributed by atoms with Gasteiger partial charge >= 0.3 is 0 Å². The summed E-state index contributed by atoms with van der Waals surface area (Å²) in [7, 11) is 0.